The fraction of sp³-hybridized carbons (Fsp3) is 0. The van der Waals surface area contributed by atoms with Gasteiger partial charge >= 0.3 is 50.6 Å². The Morgan fingerprint density at radius 3 is 0.400 bits per heavy atom. The zero-order chi connectivity index (χ0) is 0. The summed E-state index contributed by atoms with van der Waals surface area (Å²) in [5.41, 5.74) is 0. The van der Waals surface area contributed by atoms with E-state index < -0.39 is 0 Å². The van der Waals surface area contributed by atoms with Gasteiger partial charge in [0.1, 0.15) is 0 Å². The molecule has 0 rings (SSSR count). The average Bonchev–Trinajstić information content (AvgIpc) is 0. The Kier molecular flexibility index (Phi) is 3870. The topological polar surface area (TPSA) is 0 Å². The first-order valence-corrected chi connectivity index (χ1v) is 0. The van der Waals surface area contributed by atoms with Crippen LogP contribution >= 0.6 is 0 Å². The fourth-order valence-corrected chi connectivity index (χ4v) is 0. The molecule has 20 valence electrons. The molecule has 0 fully saturated rings. The van der Waals surface area contributed by atoms with E-state index in [0.717, 1.165) is 0 Å². The Balaban J connectivity index is 0. The summed E-state index contributed by atoms with van der Waals surface area (Å²) < 4.78 is 0. The number of rotatable bonds is 0. The van der Waals surface area contributed by atoms with Gasteiger partial charge in [-0.3, -0.25) is 0 Å². The van der Waals surface area contributed by atoms with E-state index in [1.165, 1.54) is 0 Å². The van der Waals surface area contributed by atoms with Gasteiger partial charge in [0.2, 0.25) is 0 Å². The van der Waals surface area contributed by atoms with Crippen LogP contribution < -0.4 is 0 Å². The summed E-state index contributed by atoms with van der Waals surface area (Å²) in [5, 5.41) is 0. The summed E-state index contributed by atoms with van der Waals surface area (Å²) in [7, 11) is 0. The zero-order valence-electron chi connectivity index (χ0n) is 13.5. The smallest absolute Gasteiger partial charge is 1.00 e. The second kappa shape index (κ2) is 100. The van der Waals surface area contributed by atoms with Crippen molar-refractivity contribution in [2.24, 2.45) is 0 Å². The summed E-state index contributed by atoms with van der Waals surface area (Å²) in [5.74, 6) is 0. The third-order valence-electron chi connectivity index (χ3n) is 0. The molecule has 0 saturated heterocycles. The molecule has 5 heavy (non-hydrogen) atoms. The van der Waals surface area contributed by atoms with Crippen LogP contribution in [-0.4, -0.2) is 50.6 Å². The van der Waals surface area contributed by atoms with E-state index >= 15 is 0 Å². The van der Waals surface area contributed by atoms with Gasteiger partial charge in [0, 0.05) is 0 Å². The standard InChI is InChI=1S/5Be.10H/q5*+2;10*-1. The van der Waals surface area contributed by atoms with E-state index in [0.29, 0.717) is 0 Å². The van der Waals surface area contributed by atoms with Gasteiger partial charge in [-0.25, -0.2) is 0 Å². The van der Waals surface area contributed by atoms with Crippen LogP contribution in [-0.2, 0) is 0 Å². The average molecular weight is 55.1 g/mol. The molecule has 0 aliphatic carbocycles. The van der Waals surface area contributed by atoms with Crippen LogP contribution in [0.25, 0.3) is 0 Å². The molecule has 0 spiro atoms. The van der Waals surface area contributed by atoms with Crippen molar-refractivity contribution in [3.05, 3.63) is 0 Å². The predicted octanol–water partition coefficient (Wildman–Crippen LogP) is -0.779. The van der Waals surface area contributed by atoms with E-state index in [1.807, 2.05) is 0 Å². The zero-order valence-corrected chi connectivity index (χ0v) is 3.54. The number of hydrogen-bond acceptors (Lipinski definition) is 0. The molecule has 0 bridgehead atoms. The van der Waals surface area contributed by atoms with Crippen LogP contribution in [0.5, 0.6) is 0 Å². The Morgan fingerprint density at radius 1 is 0.400 bits per heavy atom. The van der Waals surface area contributed by atoms with E-state index in [2.05, 4.69) is 0 Å². The molecule has 0 atom stereocenters. The van der Waals surface area contributed by atoms with E-state index in [-0.39, 0.29) is 64.9 Å². The minimum Gasteiger partial charge on any atom is -1.00 e. The van der Waals surface area contributed by atoms with Crippen LogP contribution in [0.1, 0.15) is 14.3 Å². The molecule has 0 aromatic heterocycles. The van der Waals surface area contributed by atoms with Crippen molar-refractivity contribution in [2.75, 3.05) is 0 Å². The van der Waals surface area contributed by atoms with Gasteiger partial charge in [-0.2, -0.15) is 0 Å². The van der Waals surface area contributed by atoms with Crippen LogP contribution in [0.3, 0.4) is 0 Å². The molecule has 0 saturated carbocycles. The Bertz CT molecular complexity index is 13.8. The maximum Gasteiger partial charge on any atom is 2.00 e. The largest absolute Gasteiger partial charge is 2.00 e. The van der Waals surface area contributed by atoms with Crippen molar-refractivity contribution in [1.29, 1.82) is 0 Å². The third kappa shape index (κ3) is 55.0. The molecule has 0 aromatic rings. The molecular weight excluding hydrogens is 45.1 g/mol. The van der Waals surface area contributed by atoms with Crippen molar-refractivity contribution in [3.8, 4) is 0 Å². The first-order valence-electron chi connectivity index (χ1n) is 0. The molecule has 0 radical (unpaired) electrons. The molecule has 0 unspecified atom stereocenters. The van der Waals surface area contributed by atoms with Crippen LogP contribution in [0.15, 0.2) is 0 Å². The molecule has 0 aliphatic heterocycles. The summed E-state index contributed by atoms with van der Waals surface area (Å²) in [6.45, 7) is 0. The summed E-state index contributed by atoms with van der Waals surface area (Å²) >= 11 is 0. The SMILES string of the molecule is [Be+2].[Be+2].[Be+2].[Be+2].[Be+2].[H-].[H-].[H-].[H-].[H-].[H-].[H-].[H-].[H-].[H-]. The second-order valence-corrected chi connectivity index (χ2v) is 0. The van der Waals surface area contributed by atoms with Gasteiger partial charge < -0.3 is 14.3 Å². The Morgan fingerprint density at radius 2 is 0.400 bits per heavy atom. The fourth-order valence-electron chi connectivity index (χ4n) is 0. The Hall–Kier alpha value is 0.844. The van der Waals surface area contributed by atoms with Gasteiger partial charge in [-0.05, 0) is 0 Å². The van der Waals surface area contributed by atoms with Gasteiger partial charge in [0.15, 0.2) is 0 Å². The molecule has 0 aliphatic rings. The van der Waals surface area contributed by atoms with Crippen molar-refractivity contribution in [2.45, 2.75) is 0 Å². The van der Waals surface area contributed by atoms with Gasteiger partial charge in [0.05, 0.1) is 0 Å². The van der Waals surface area contributed by atoms with Crippen LogP contribution in [0.2, 0.25) is 0 Å². The number of hydrogen-bond donors (Lipinski definition) is 0. The maximum atomic E-state index is 0. The quantitative estimate of drug-likeness (QED) is 0.319. The van der Waals surface area contributed by atoms with Crippen LogP contribution in [0.4, 0.5) is 0 Å². The molecule has 0 N–H and O–H groups in total. The van der Waals surface area contributed by atoms with Gasteiger partial charge in [-0.15, -0.1) is 0 Å². The van der Waals surface area contributed by atoms with Gasteiger partial charge in [0.25, 0.3) is 0 Å². The predicted molar refractivity (Wildman–Crippen MR) is 39.9 cm³/mol. The monoisotopic (exact) mass is 55.1 g/mol. The van der Waals surface area contributed by atoms with Crippen molar-refractivity contribution < 1.29 is 14.3 Å². The molecular formula is H10Be5. The van der Waals surface area contributed by atoms with Crippen molar-refractivity contribution >= 4 is 50.6 Å². The van der Waals surface area contributed by atoms with E-state index in [1.54, 1.807) is 0 Å². The summed E-state index contributed by atoms with van der Waals surface area (Å²) in [6.07, 6.45) is 0. The second-order valence-electron chi connectivity index (χ2n) is 0. The molecule has 0 heterocycles. The van der Waals surface area contributed by atoms with Crippen LogP contribution in [0, 0.1) is 0 Å². The van der Waals surface area contributed by atoms with Gasteiger partial charge in [-0.1, -0.05) is 0 Å². The normalized spacial score (nSPS) is 0. The third-order valence-corrected chi connectivity index (χ3v) is 0. The van der Waals surface area contributed by atoms with Crippen molar-refractivity contribution in [3.63, 3.8) is 0 Å². The Labute approximate surface area is 66.0 Å². The first kappa shape index (κ1) is 192. The first-order chi connectivity index (χ1) is 0. The molecule has 0 amide bonds. The maximum absolute atomic E-state index is 0. The minimum absolute atomic E-state index is 0. The van der Waals surface area contributed by atoms with E-state index in [4.69, 9.17) is 0 Å². The summed E-state index contributed by atoms with van der Waals surface area (Å²) in [6, 6.07) is 0. The van der Waals surface area contributed by atoms with Crippen molar-refractivity contribution in [1.82, 2.24) is 0 Å². The molecule has 5 heteroatoms. The minimum atomic E-state index is 0. The van der Waals surface area contributed by atoms with E-state index in [9.17, 15) is 0 Å². The summed E-state index contributed by atoms with van der Waals surface area (Å²) in [4.78, 5) is 0. The molecule has 0 nitrogen and oxygen atoms in total. The molecule has 0 aromatic carbocycles.